The summed E-state index contributed by atoms with van der Waals surface area (Å²) in [5, 5.41) is 8.10. The first-order valence-electron chi connectivity index (χ1n) is 11.0. The number of hydrogen-bond acceptors (Lipinski definition) is 6. The SMILES string of the molecule is CCOC(=O)c1cnn(-c2cc(C)c3ccccc3n2)c1NC(=O)COc1cc(C)cc(C)c1. The summed E-state index contributed by atoms with van der Waals surface area (Å²) in [6.45, 7) is 7.57. The quantitative estimate of drug-likeness (QED) is 0.409. The summed E-state index contributed by atoms with van der Waals surface area (Å²) in [4.78, 5) is 30.0. The molecule has 0 aliphatic heterocycles. The molecule has 0 saturated carbocycles. The number of ether oxygens (including phenoxy) is 2. The number of hydrogen-bond donors (Lipinski definition) is 1. The molecule has 2 aromatic heterocycles. The molecule has 0 atom stereocenters. The minimum Gasteiger partial charge on any atom is -0.484 e. The van der Waals surface area contributed by atoms with Crippen molar-refractivity contribution in [3.05, 3.63) is 77.0 Å². The van der Waals surface area contributed by atoms with Crippen LogP contribution < -0.4 is 10.1 Å². The van der Waals surface area contributed by atoms with Gasteiger partial charge >= 0.3 is 5.97 Å². The zero-order valence-electron chi connectivity index (χ0n) is 19.6. The number of nitrogens with one attached hydrogen (secondary N) is 1. The van der Waals surface area contributed by atoms with Gasteiger partial charge in [0, 0.05) is 5.39 Å². The maximum absolute atomic E-state index is 12.8. The molecule has 8 nitrogen and oxygen atoms in total. The predicted octanol–water partition coefficient (Wildman–Crippen LogP) is 4.54. The summed E-state index contributed by atoms with van der Waals surface area (Å²) in [6, 6.07) is 15.3. The van der Waals surface area contributed by atoms with E-state index in [0.717, 1.165) is 27.6 Å². The fourth-order valence-corrected chi connectivity index (χ4v) is 3.77. The molecule has 0 aliphatic carbocycles. The molecule has 0 spiro atoms. The second kappa shape index (κ2) is 9.74. The first-order chi connectivity index (χ1) is 16.4. The van der Waals surface area contributed by atoms with Gasteiger partial charge in [0.15, 0.2) is 18.2 Å². The van der Waals surface area contributed by atoms with Gasteiger partial charge in [-0.25, -0.2) is 9.78 Å². The lowest BCUT2D eigenvalue weighted by molar-refractivity contribution is -0.118. The molecule has 0 bridgehead atoms. The maximum atomic E-state index is 12.8. The summed E-state index contributed by atoms with van der Waals surface area (Å²) in [6.07, 6.45) is 1.37. The van der Waals surface area contributed by atoms with Gasteiger partial charge in [-0.05, 0) is 68.7 Å². The van der Waals surface area contributed by atoms with Crippen LogP contribution in [0.15, 0.2) is 54.7 Å². The molecule has 1 N–H and O–H groups in total. The zero-order valence-corrected chi connectivity index (χ0v) is 19.6. The molecule has 174 valence electrons. The third-order valence-corrected chi connectivity index (χ3v) is 5.21. The van der Waals surface area contributed by atoms with E-state index in [0.29, 0.717) is 11.6 Å². The molecule has 0 saturated heterocycles. The number of carbonyl (C=O) groups is 2. The molecule has 2 aromatic carbocycles. The van der Waals surface area contributed by atoms with Gasteiger partial charge in [-0.1, -0.05) is 24.3 Å². The first-order valence-corrected chi connectivity index (χ1v) is 11.0. The summed E-state index contributed by atoms with van der Waals surface area (Å²) in [7, 11) is 0. The van der Waals surface area contributed by atoms with E-state index in [4.69, 9.17) is 9.47 Å². The van der Waals surface area contributed by atoms with Crippen molar-refractivity contribution >= 4 is 28.6 Å². The topological polar surface area (TPSA) is 95.3 Å². The van der Waals surface area contributed by atoms with Gasteiger partial charge in [-0.15, -0.1) is 0 Å². The number of carbonyl (C=O) groups excluding carboxylic acids is 2. The lowest BCUT2D eigenvalue weighted by Crippen LogP contribution is -2.23. The largest absolute Gasteiger partial charge is 0.484 e. The number of benzene rings is 2. The molecular weight excluding hydrogens is 432 g/mol. The fourth-order valence-electron chi connectivity index (χ4n) is 3.77. The number of anilines is 1. The smallest absolute Gasteiger partial charge is 0.343 e. The van der Waals surface area contributed by atoms with Gasteiger partial charge in [0.05, 0.1) is 18.3 Å². The molecule has 4 aromatic rings. The number of aryl methyl sites for hydroxylation is 3. The molecule has 0 fully saturated rings. The van der Waals surface area contributed by atoms with E-state index in [1.807, 2.05) is 69.3 Å². The summed E-state index contributed by atoms with van der Waals surface area (Å²) in [5.41, 5.74) is 3.98. The van der Waals surface area contributed by atoms with Gasteiger partial charge in [0.1, 0.15) is 11.3 Å². The van der Waals surface area contributed by atoms with Crippen LogP contribution in [0.3, 0.4) is 0 Å². The molecular formula is C26H26N4O4. The average molecular weight is 459 g/mol. The van der Waals surface area contributed by atoms with Crippen LogP contribution in [0, 0.1) is 20.8 Å². The highest BCUT2D eigenvalue weighted by Crippen LogP contribution is 2.24. The summed E-state index contributed by atoms with van der Waals surface area (Å²) < 4.78 is 12.3. The highest BCUT2D eigenvalue weighted by Gasteiger charge is 2.23. The lowest BCUT2D eigenvalue weighted by Gasteiger charge is -2.13. The van der Waals surface area contributed by atoms with Crippen molar-refractivity contribution in [2.24, 2.45) is 0 Å². The fraction of sp³-hybridized carbons (Fsp3) is 0.231. The number of fused-ring (bicyclic) bond motifs is 1. The van der Waals surface area contributed by atoms with Crippen molar-refractivity contribution in [3.8, 4) is 11.6 Å². The van der Waals surface area contributed by atoms with Crippen molar-refractivity contribution < 1.29 is 19.1 Å². The van der Waals surface area contributed by atoms with Gasteiger partial charge in [0.25, 0.3) is 5.91 Å². The Labute approximate surface area is 197 Å². The Morgan fingerprint density at radius 2 is 1.76 bits per heavy atom. The monoisotopic (exact) mass is 458 g/mol. The molecule has 0 radical (unpaired) electrons. The van der Waals surface area contributed by atoms with Crippen molar-refractivity contribution in [2.75, 3.05) is 18.5 Å². The van der Waals surface area contributed by atoms with Crippen LogP contribution in [-0.2, 0) is 9.53 Å². The number of aromatic nitrogens is 3. The number of nitrogens with zero attached hydrogens (tertiary/aromatic N) is 3. The van der Waals surface area contributed by atoms with Crippen molar-refractivity contribution in [1.29, 1.82) is 0 Å². The molecule has 0 aliphatic rings. The van der Waals surface area contributed by atoms with Crippen molar-refractivity contribution in [1.82, 2.24) is 14.8 Å². The second-order valence-corrected chi connectivity index (χ2v) is 8.01. The van der Waals surface area contributed by atoms with Crippen LogP contribution in [0.1, 0.15) is 34.0 Å². The first kappa shape index (κ1) is 23.0. The van der Waals surface area contributed by atoms with E-state index < -0.39 is 11.9 Å². The number of rotatable bonds is 7. The van der Waals surface area contributed by atoms with Gasteiger partial charge in [-0.2, -0.15) is 9.78 Å². The van der Waals surface area contributed by atoms with E-state index in [9.17, 15) is 9.59 Å². The Hall–Kier alpha value is -4.20. The van der Waals surface area contributed by atoms with Crippen LogP contribution >= 0.6 is 0 Å². The summed E-state index contributed by atoms with van der Waals surface area (Å²) in [5.74, 6) is 0.214. The van der Waals surface area contributed by atoms with Gasteiger partial charge < -0.3 is 14.8 Å². The third kappa shape index (κ3) is 4.91. The Kier molecular flexibility index (Phi) is 6.58. The van der Waals surface area contributed by atoms with Crippen LogP contribution in [0.25, 0.3) is 16.7 Å². The standard InChI is InChI=1S/C26H26N4O4/c1-5-33-26(32)21-14-27-30(23-13-18(4)20-8-6-7-9-22(20)28-23)25(21)29-24(31)15-34-19-11-16(2)10-17(3)12-19/h6-14H,5,15H2,1-4H3,(H,29,31). The van der Waals surface area contributed by atoms with Crippen LogP contribution in [-0.4, -0.2) is 39.9 Å². The number of amides is 1. The van der Waals surface area contributed by atoms with E-state index in [2.05, 4.69) is 15.4 Å². The van der Waals surface area contributed by atoms with E-state index in [1.54, 1.807) is 6.92 Å². The molecule has 4 rings (SSSR count). The summed E-state index contributed by atoms with van der Waals surface area (Å²) >= 11 is 0. The van der Waals surface area contributed by atoms with Crippen LogP contribution in [0.5, 0.6) is 5.75 Å². The predicted molar refractivity (Wildman–Crippen MR) is 130 cm³/mol. The third-order valence-electron chi connectivity index (χ3n) is 5.21. The molecule has 8 heteroatoms. The molecule has 2 heterocycles. The number of pyridine rings is 1. The molecule has 34 heavy (non-hydrogen) atoms. The number of para-hydroxylation sites is 1. The lowest BCUT2D eigenvalue weighted by atomic mass is 10.1. The van der Waals surface area contributed by atoms with E-state index >= 15 is 0 Å². The molecule has 0 unspecified atom stereocenters. The number of esters is 1. The maximum Gasteiger partial charge on any atom is 0.343 e. The van der Waals surface area contributed by atoms with Gasteiger partial charge in [-0.3, -0.25) is 4.79 Å². The highest BCUT2D eigenvalue weighted by atomic mass is 16.5. The van der Waals surface area contributed by atoms with Crippen molar-refractivity contribution in [3.63, 3.8) is 0 Å². The minimum atomic E-state index is -0.586. The zero-order chi connectivity index (χ0) is 24.2. The Balaban J connectivity index is 1.65. The van der Waals surface area contributed by atoms with Crippen molar-refractivity contribution in [2.45, 2.75) is 27.7 Å². The highest BCUT2D eigenvalue weighted by molar-refractivity contribution is 6.01. The normalized spacial score (nSPS) is 10.8. The molecule has 1 amide bonds. The Morgan fingerprint density at radius 1 is 1.03 bits per heavy atom. The second-order valence-electron chi connectivity index (χ2n) is 8.01. The van der Waals surface area contributed by atoms with Gasteiger partial charge in [0.2, 0.25) is 0 Å². The van der Waals surface area contributed by atoms with Crippen LogP contribution in [0.4, 0.5) is 5.82 Å². The van der Waals surface area contributed by atoms with E-state index in [-0.39, 0.29) is 24.6 Å². The minimum absolute atomic E-state index is 0.134. The Morgan fingerprint density at radius 3 is 2.50 bits per heavy atom. The van der Waals surface area contributed by atoms with Crippen LogP contribution in [0.2, 0.25) is 0 Å². The average Bonchev–Trinajstić information content (AvgIpc) is 3.21. The van der Waals surface area contributed by atoms with E-state index in [1.165, 1.54) is 10.9 Å². The Bertz CT molecular complexity index is 1360.